The van der Waals surface area contributed by atoms with E-state index >= 15 is 0 Å². The minimum atomic E-state index is 0.750. The highest BCUT2D eigenvalue weighted by molar-refractivity contribution is 7.98. The van der Waals surface area contributed by atoms with Gasteiger partial charge >= 0.3 is 0 Å². The second kappa shape index (κ2) is 7.11. The van der Waals surface area contributed by atoms with Gasteiger partial charge in [0.05, 0.1) is 17.0 Å². The van der Waals surface area contributed by atoms with E-state index in [0.717, 1.165) is 47.6 Å². The van der Waals surface area contributed by atoms with Gasteiger partial charge in [-0.2, -0.15) is 0 Å². The molecule has 5 nitrogen and oxygen atoms in total. The summed E-state index contributed by atoms with van der Waals surface area (Å²) in [6.07, 6.45) is 3.85. The third kappa shape index (κ3) is 3.25. The van der Waals surface area contributed by atoms with Crippen LogP contribution in [0.1, 0.15) is 31.0 Å². The van der Waals surface area contributed by atoms with E-state index in [4.69, 9.17) is 4.42 Å². The van der Waals surface area contributed by atoms with E-state index in [2.05, 4.69) is 39.0 Å². The molecule has 0 aliphatic heterocycles. The van der Waals surface area contributed by atoms with E-state index in [1.54, 1.807) is 29.4 Å². The Morgan fingerprint density at radius 1 is 1.32 bits per heavy atom. The smallest absolute Gasteiger partial charge is 0.200 e. The normalized spacial score (nSPS) is 11.2. The van der Waals surface area contributed by atoms with Crippen LogP contribution in [0.4, 0.5) is 0 Å². The van der Waals surface area contributed by atoms with E-state index in [1.807, 2.05) is 12.1 Å². The Bertz CT molecular complexity index is 718. The van der Waals surface area contributed by atoms with Crippen LogP contribution in [0.5, 0.6) is 0 Å². The zero-order valence-electron chi connectivity index (χ0n) is 12.7. The molecule has 0 radical (unpaired) electrons. The van der Waals surface area contributed by atoms with Crippen LogP contribution in [0.25, 0.3) is 11.6 Å². The monoisotopic (exact) mass is 334 g/mol. The molecule has 0 aliphatic rings. The van der Waals surface area contributed by atoms with Crippen molar-refractivity contribution in [2.24, 2.45) is 0 Å². The van der Waals surface area contributed by atoms with Crippen LogP contribution in [0.15, 0.2) is 33.3 Å². The van der Waals surface area contributed by atoms with Crippen molar-refractivity contribution in [2.75, 3.05) is 0 Å². The Kier molecular flexibility index (Phi) is 4.94. The number of hydrogen-bond acceptors (Lipinski definition) is 6. The minimum absolute atomic E-state index is 0.750. The lowest BCUT2D eigenvalue weighted by Gasteiger charge is -2.04. The molecular formula is C15H18N4OS2. The number of nitrogens with zero attached hydrogens (tertiary/aromatic N) is 4. The van der Waals surface area contributed by atoms with E-state index in [0.29, 0.717) is 0 Å². The molecule has 3 aromatic heterocycles. The summed E-state index contributed by atoms with van der Waals surface area (Å²) in [5.41, 5.74) is 1.11. The van der Waals surface area contributed by atoms with Gasteiger partial charge in [-0.1, -0.05) is 18.7 Å². The third-order valence-corrected chi connectivity index (χ3v) is 5.14. The van der Waals surface area contributed by atoms with Gasteiger partial charge in [-0.15, -0.1) is 21.5 Å². The molecule has 0 saturated heterocycles. The van der Waals surface area contributed by atoms with Crippen molar-refractivity contribution < 1.29 is 4.42 Å². The average Bonchev–Trinajstić information content (AvgIpc) is 3.25. The molecule has 0 atom stereocenters. The average molecular weight is 334 g/mol. The van der Waals surface area contributed by atoms with Gasteiger partial charge in [0.15, 0.2) is 16.7 Å². The highest BCUT2D eigenvalue weighted by Crippen LogP contribution is 2.27. The van der Waals surface area contributed by atoms with Crippen LogP contribution in [-0.4, -0.2) is 19.7 Å². The summed E-state index contributed by atoms with van der Waals surface area (Å²) >= 11 is 3.41. The molecule has 3 aromatic rings. The predicted octanol–water partition coefficient (Wildman–Crippen LogP) is 4.26. The van der Waals surface area contributed by atoms with Crippen molar-refractivity contribution in [2.45, 2.75) is 44.1 Å². The van der Waals surface area contributed by atoms with Crippen LogP contribution < -0.4 is 0 Å². The molecule has 0 spiro atoms. The van der Waals surface area contributed by atoms with Crippen molar-refractivity contribution in [3.05, 3.63) is 34.5 Å². The number of furan rings is 1. The number of hydrogen-bond donors (Lipinski definition) is 0. The van der Waals surface area contributed by atoms with Gasteiger partial charge in [0.1, 0.15) is 0 Å². The van der Waals surface area contributed by atoms with Crippen LogP contribution in [0.3, 0.4) is 0 Å². The predicted molar refractivity (Wildman–Crippen MR) is 89.1 cm³/mol. The molecule has 0 saturated carbocycles. The molecule has 116 valence electrons. The van der Waals surface area contributed by atoms with Crippen molar-refractivity contribution in [1.29, 1.82) is 0 Å². The quantitative estimate of drug-likeness (QED) is 0.604. The van der Waals surface area contributed by atoms with Gasteiger partial charge < -0.3 is 4.42 Å². The molecule has 0 fully saturated rings. The highest BCUT2D eigenvalue weighted by atomic mass is 32.2. The number of rotatable bonds is 7. The summed E-state index contributed by atoms with van der Waals surface area (Å²) in [6.45, 7) is 5.07. The van der Waals surface area contributed by atoms with Gasteiger partial charge in [0.2, 0.25) is 0 Å². The van der Waals surface area contributed by atoms with E-state index in [9.17, 15) is 0 Å². The van der Waals surface area contributed by atoms with Gasteiger partial charge in [0, 0.05) is 17.7 Å². The number of thioether (sulfide) groups is 1. The van der Waals surface area contributed by atoms with Crippen molar-refractivity contribution in [3.63, 3.8) is 0 Å². The van der Waals surface area contributed by atoms with Crippen LogP contribution in [0.2, 0.25) is 0 Å². The summed E-state index contributed by atoms with van der Waals surface area (Å²) in [4.78, 5) is 4.65. The second-order valence-electron chi connectivity index (χ2n) is 4.80. The first-order valence-electron chi connectivity index (χ1n) is 7.35. The zero-order chi connectivity index (χ0) is 15.4. The van der Waals surface area contributed by atoms with Gasteiger partial charge in [-0.25, -0.2) is 4.98 Å². The number of aryl methyl sites for hydroxylation is 1. The summed E-state index contributed by atoms with van der Waals surface area (Å²) in [5, 5.41) is 12.8. The lowest BCUT2D eigenvalue weighted by Crippen LogP contribution is -1.99. The summed E-state index contributed by atoms with van der Waals surface area (Å²) < 4.78 is 7.50. The van der Waals surface area contributed by atoms with Gasteiger partial charge in [-0.3, -0.25) is 4.57 Å². The number of thiazole rings is 1. The zero-order valence-corrected chi connectivity index (χ0v) is 14.3. The number of aromatic nitrogens is 4. The fourth-order valence-corrected chi connectivity index (χ4v) is 4.05. The van der Waals surface area contributed by atoms with Crippen molar-refractivity contribution in [1.82, 2.24) is 19.7 Å². The molecule has 0 aliphatic carbocycles. The standard InChI is InChI=1S/C15H18N4OS2/c1-3-6-13-16-11(9-21-13)10-22-15-18-17-14(19(15)4-2)12-7-5-8-20-12/h5,7-9H,3-4,6,10H2,1-2H3. The highest BCUT2D eigenvalue weighted by Gasteiger charge is 2.15. The largest absolute Gasteiger partial charge is 0.461 e. The Balaban J connectivity index is 1.72. The minimum Gasteiger partial charge on any atom is -0.461 e. The van der Waals surface area contributed by atoms with Crippen molar-refractivity contribution >= 4 is 23.1 Å². The fraction of sp³-hybridized carbons (Fsp3) is 0.400. The molecule has 0 amide bonds. The van der Waals surface area contributed by atoms with Crippen LogP contribution in [-0.2, 0) is 18.7 Å². The van der Waals surface area contributed by atoms with E-state index in [-0.39, 0.29) is 0 Å². The lowest BCUT2D eigenvalue weighted by molar-refractivity contribution is 0.567. The topological polar surface area (TPSA) is 56.7 Å². The molecule has 22 heavy (non-hydrogen) atoms. The van der Waals surface area contributed by atoms with Crippen LogP contribution >= 0.6 is 23.1 Å². The molecule has 3 heterocycles. The Morgan fingerprint density at radius 2 is 2.23 bits per heavy atom. The maximum atomic E-state index is 5.43. The maximum absolute atomic E-state index is 5.43. The summed E-state index contributed by atoms with van der Waals surface area (Å²) in [6, 6.07) is 3.77. The fourth-order valence-electron chi connectivity index (χ4n) is 2.15. The molecule has 3 rings (SSSR count). The Labute approximate surface area is 137 Å². The molecular weight excluding hydrogens is 316 g/mol. The first-order chi connectivity index (χ1) is 10.8. The molecule has 0 unspecified atom stereocenters. The summed E-state index contributed by atoms with van der Waals surface area (Å²) in [5.74, 6) is 2.34. The summed E-state index contributed by atoms with van der Waals surface area (Å²) in [7, 11) is 0. The van der Waals surface area contributed by atoms with E-state index < -0.39 is 0 Å². The molecule has 0 N–H and O–H groups in total. The first kappa shape index (κ1) is 15.3. The maximum Gasteiger partial charge on any atom is 0.200 e. The molecule has 7 heteroatoms. The van der Waals surface area contributed by atoms with Gasteiger partial charge in [0.25, 0.3) is 0 Å². The van der Waals surface area contributed by atoms with Crippen LogP contribution in [0, 0.1) is 0 Å². The molecule has 0 bridgehead atoms. The molecule has 0 aromatic carbocycles. The van der Waals surface area contributed by atoms with E-state index in [1.165, 1.54) is 5.01 Å². The third-order valence-electron chi connectivity index (χ3n) is 3.19. The second-order valence-corrected chi connectivity index (χ2v) is 6.68. The Morgan fingerprint density at radius 3 is 2.95 bits per heavy atom. The lowest BCUT2D eigenvalue weighted by atomic mass is 10.3. The first-order valence-corrected chi connectivity index (χ1v) is 9.21. The van der Waals surface area contributed by atoms with Gasteiger partial charge in [-0.05, 0) is 31.9 Å². The van der Waals surface area contributed by atoms with Crippen molar-refractivity contribution in [3.8, 4) is 11.6 Å². The Hall–Kier alpha value is -1.60. The SMILES string of the molecule is CCCc1nc(CSc2nnc(-c3ccco3)n2CC)cs1.